The van der Waals surface area contributed by atoms with Crippen LogP contribution in [0.5, 0.6) is 0 Å². The normalized spacial score (nSPS) is 12.5. The predicted octanol–water partition coefficient (Wildman–Crippen LogP) is 3.37. The molecule has 1 heterocycles. The Bertz CT molecular complexity index is 545. The molecule has 88 valence electrons. The molecule has 1 atom stereocenters. The van der Waals surface area contributed by atoms with Gasteiger partial charge in [-0.15, -0.1) is 0 Å². The standard InChI is InChI=1S/C13H11BrFNO/c1-8-4-5-9(7-11(8)15)13(17)12-10(14)3-2-6-16-12/h2-7,13,17H,1H3. The minimum atomic E-state index is -0.930. The lowest BCUT2D eigenvalue weighted by Crippen LogP contribution is -2.04. The Labute approximate surface area is 107 Å². The monoisotopic (exact) mass is 295 g/mol. The van der Waals surface area contributed by atoms with E-state index in [2.05, 4.69) is 20.9 Å². The van der Waals surface area contributed by atoms with Crippen LogP contribution >= 0.6 is 15.9 Å². The van der Waals surface area contributed by atoms with Crippen LogP contribution in [0.3, 0.4) is 0 Å². The Hall–Kier alpha value is -1.26. The van der Waals surface area contributed by atoms with Crippen molar-refractivity contribution in [1.82, 2.24) is 4.98 Å². The molecule has 0 saturated heterocycles. The van der Waals surface area contributed by atoms with Crippen LogP contribution in [0.4, 0.5) is 4.39 Å². The molecule has 0 aliphatic carbocycles. The van der Waals surface area contributed by atoms with Gasteiger partial charge in [0.15, 0.2) is 0 Å². The third kappa shape index (κ3) is 2.53. The van der Waals surface area contributed by atoms with Crippen LogP contribution in [-0.4, -0.2) is 10.1 Å². The molecule has 17 heavy (non-hydrogen) atoms. The van der Waals surface area contributed by atoms with Crippen molar-refractivity contribution in [2.75, 3.05) is 0 Å². The Morgan fingerprint density at radius 2 is 2.12 bits per heavy atom. The van der Waals surface area contributed by atoms with Gasteiger partial charge in [-0.25, -0.2) is 4.39 Å². The number of hydrogen-bond acceptors (Lipinski definition) is 2. The SMILES string of the molecule is Cc1ccc(C(O)c2ncccc2Br)cc1F. The maximum atomic E-state index is 13.4. The van der Waals surface area contributed by atoms with Crippen LogP contribution < -0.4 is 0 Å². The summed E-state index contributed by atoms with van der Waals surface area (Å²) in [6.07, 6.45) is 0.661. The van der Waals surface area contributed by atoms with Gasteiger partial charge in [0.25, 0.3) is 0 Å². The van der Waals surface area contributed by atoms with Crippen molar-refractivity contribution < 1.29 is 9.50 Å². The molecule has 0 bridgehead atoms. The molecule has 1 aromatic heterocycles. The number of rotatable bonds is 2. The lowest BCUT2D eigenvalue weighted by Gasteiger charge is -2.12. The highest BCUT2D eigenvalue weighted by Crippen LogP contribution is 2.27. The van der Waals surface area contributed by atoms with Crippen LogP contribution in [0.2, 0.25) is 0 Å². The van der Waals surface area contributed by atoms with Crippen molar-refractivity contribution in [3.8, 4) is 0 Å². The molecule has 0 aliphatic rings. The van der Waals surface area contributed by atoms with Crippen LogP contribution in [0, 0.1) is 12.7 Å². The van der Waals surface area contributed by atoms with Gasteiger partial charge in [-0.3, -0.25) is 4.98 Å². The molecule has 2 aromatic rings. The lowest BCUT2D eigenvalue weighted by molar-refractivity contribution is 0.214. The molecular weight excluding hydrogens is 285 g/mol. The molecule has 0 aliphatic heterocycles. The van der Waals surface area contributed by atoms with Crippen molar-refractivity contribution in [1.29, 1.82) is 0 Å². The second-order valence-electron chi connectivity index (χ2n) is 3.78. The summed E-state index contributed by atoms with van der Waals surface area (Å²) in [5.41, 5.74) is 1.53. The molecule has 0 saturated carbocycles. The molecule has 0 radical (unpaired) electrons. The predicted molar refractivity (Wildman–Crippen MR) is 67.1 cm³/mol. The van der Waals surface area contributed by atoms with E-state index in [1.165, 1.54) is 6.07 Å². The van der Waals surface area contributed by atoms with E-state index < -0.39 is 6.10 Å². The summed E-state index contributed by atoms with van der Waals surface area (Å²) in [7, 11) is 0. The van der Waals surface area contributed by atoms with Crippen molar-refractivity contribution >= 4 is 15.9 Å². The minimum absolute atomic E-state index is 0.325. The van der Waals surface area contributed by atoms with Crippen LogP contribution in [0.15, 0.2) is 41.0 Å². The fourth-order valence-electron chi connectivity index (χ4n) is 1.54. The number of aliphatic hydroxyl groups is 1. The van der Waals surface area contributed by atoms with E-state index in [0.29, 0.717) is 21.3 Å². The smallest absolute Gasteiger partial charge is 0.126 e. The zero-order valence-electron chi connectivity index (χ0n) is 9.19. The average Bonchev–Trinajstić information content (AvgIpc) is 2.32. The van der Waals surface area contributed by atoms with E-state index in [0.717, 1.165) is 0 Å². The van der Waals surface area contributed by atoms with Gasteiger partial charge in [0, 0.05) is 10.7 Å². The summed E-state index contributed by atoms with van der Waals surface area (Å²) < 4.78 is 14.1. The summed E-state index contributed by atoms with van der Waals surface area (Å²) in [6, 6.07) is 8.22. The van der Waals surface area contributed by atoms with Gasteiger partial charge in [0.1, 0.15) is 11.9 Å². The number of aromatic nitrogens is 1. The largest absolute Gasteiger partial charge is 0.382 e. The number of aliphatic hydroxyl groups excluding tert-OH is 1. The fourth-order valence-corrected chi connectivity index (χ4v) is 2.01. The molecule has 0 amide bonds. The molecule has 2 rings (SSSR count). The third-order valence-electron chi connectivity index (χ3n) is 2.56. The second-order valence-corrected chi connectivity index (χ2v) is 4.64. The maximum Gasteiger partial charge on any atom is 0.126 e. The average molecular weight is 296 g/mol. The number of halogens is 2. The first kappa shape index (κ1) is 12.2. The summed E-state index contributed by atoms with van der Waals surface area (Å²) in [4.78, 5) is 4.09. The summed E-state index contributed by atoms with van der Waals surface area (Å²) in [5, 5.41) is 10.1. The number of aryl methyl sites for hydroxylation is 1. The fraction of sp³-hybridized carbons (Fsp3) is 0.154. The lowest BCUT2D eigenvalue weighted by atomic mass is 10.0. The molecule has 0 spiro atoms. The molecular formula is C13H11BrFNO. The molecule has 0 fully saturated rings. The van der Waals surface area contributed by atoms with Crippen molar-refractivity contribution in [3.05, 3.63) is 63.6 Å². The maximum absolute atomic E-state index is 13.4. The highest BCUT2D eigenvalue weighted by Gasteiger charge is 2.15. The van der Waals surface area contributed by atoms with Gasteiger partial charge < -0.3 is 5.11 Å². The first-order valence-electron chi connectivity index (χ1n) is 5.14. The zero-order valence-corrected chi connectivity index (χ0v) is 10.8. The van der Waals surface area contributed by atoms with E-state index in [-0.39, 0.29) is 5.82 Å². The summed E-state index contributed by atoms with van der Waals surface area (Å²) in [5.74, 6) is -0.325. The van der Waals surface area contributed by atoms with Gasteiger partial charge in [0.05, 0.1) is 5.69 Å². The number of benzene rings is 1. The molecule has 4 heteroatoms. The van der Waals surface area contributed by atoms with Gasteiger partial charge >= 0.3 is 0 Å². The van der Waals surface area contributed by atoms with Crippen molar-refractivity contribution in [2.24, 2.45) is 0 Å². The third-order valence-corrected chi connectivity index (χ3v) is 3.23. The second kappa shape index (κ2) is 4.94. The Morgan fingerprint density at radius 1 is 1.35 bits per heavy atom. The number of pyridine rings is 1. The summed E-state index contributed by atoms with van der Waals surface area (Å²) in [6.45, 7) is 1.68. The first-order valence-corrected chi connectivity index (χ1v) is 5.93. The van der Waals surface area contributed by atoms with Gasteiger partial charge in [0.2, 0.25) is 0 Å². The Morgan fingerprint density at radius 3 is 2.76 bits per heavy atom. The van der Waals surface area contributed by atoms with Gasteiger partial charge in [-0.1, -0.05) is 12.1 Å². The summed E-state index contributed by atoms with van der Waals surface area (Å²) >= 11 is 3.31. The molecule has 1 aromatic carbocycles. The van der Waals surface area contributed by atoms with E-state index >= 15 is 0 Å². The number of hydrogen-bond donors (Lipinski definition) is 1. The van der Waals surface area contributed by atoms with E-state index in [1.54, 1.807) is 37.4 Å². The highest BCUT2D eigenvalue weighted by molar-refractivity contribution is 9.10. The van der Waals surface area contributed by atoms with E-state index in [1.807, 2.05) is 0 Å². The van der Waals surface area contributed by atoms with E-state index in [4.69, 9.17) is 0 Å². The van der Waals surface area contributed by atoms with Crippen molar-refractivity contribution in [3.63, 3.8) is 0 Å². The molecule has 1 N–H and O–H groups in total. The first-order chi connectivity index (χ1) is 8.09. The van der Waals surface area contributed by atoms with Crippen LogP contribution in [-0.2, 0) is 0 Å². The highest BCUT2D eigenvalue weighted by atomic mass is 79.9. The molecule has 1 unspecified atom stereocenters. The van der Waals surface area contributed by atoms with Crippen LogP contribution in [0.1, 0.15) is 22.9 Å². The minimum Gasteiger partial charge on any atom is -0.382 e. The van der Waals surface area contributed by atoms with E-state index in [9.17, 15) is 9.50 Å². The van der Waals surface area contributed by atoms with Gasteiger partial charge in [-0.2, -0.15) is 0 Å². The topological polar surface area (TPSA) is 33.1 Å². The number of nitrogens with zero attached hydrogens (tertiary/aromatic N) is 1. The Kier molecular flexibility index (Phi) is 3.54. The van der Waals surface area contributed by atoms with Crippen LogP contribution in [0.25, 0.3) is 0 Å². The zero-order chi connectivity index (χ0) is 12.4. The van der Waals surface area contributed by atoms with Gasteiger partial charge in [-0.05, 0) is 52.2 Å². The Balaban J connectivity index is 2.40. The molecule has 2 nitrogen and oxygen atoms in total. The quantitative estimate of drug-likeness (QED) is 0.921. The van der Waals surface area contributed by atoms with Crippen molar-refractivity contribution in [2.45, 2.75) is 13.0 Å².